The van der Waals surface area contributed by atoms with E-state index in [1.54, 1.807) is 20.8 Å². The Labute approximate surface area is 115 Å². The Hall–Kier alpha value is -0.940. The van der Waals surface area contributed by atoms with Gasteiger partial charge in [0, 0.05) is 13.1 Å². The Morgan fingerprint density at radius 2 is 1.79 bits per heavy atom. The number of morpholine rings is 1. The number of esters is 1. The van der Waals surface area contributed by atoms with Gasteiger partial charge in [-0.1, -0.05) is 0 Å². The van der Waals surface area contributed by atoms with E-state index in [9.17, 15) is 9.59 Å². The number of hydrogen-bond donors (Lipinski definition) is 0. The Morgan fingerprint density at radius 1 is 1.26 bits per heavy atom. The van der Waals surface area contributed by atoms with Gasteiger partial charge in [0.05, 0.1) is 25.4 Å². The van der Waals surface area contributed by atoms with Crippen molar-refractivity contribution in [1.29, 1.82) is 0 Å². The number of ether oxygens (including phenoxy) is 2. The van der Waals surface area contributed by atoms with Gasteiger partial charge in [-0.2, -0.15) is 0 Å². The van der Waals surface area contributed by atoms with E-state index in [1.165, 1.54) is 0 Å². The third-order valence-corrected chi connectivity index (χ3v) is 3.35. The predicted molar refractivity (Wildman–Crippen MR) is 71.9 cm³/mol. The Kier molecular flexibility index (Phi) is 5.50. The highest BCUT2D eigenvalue weighted by Gasteiger charge is 2.38. The Bertz CT molecular complexity index is 330. The number of nitrogens with zero attached hydrogens (tertiary/aromatic N) is 1. The van der Waals surface area contributed by atoms with Gasteiger partial charge in [0.2, 0.25) is 0 Å². The van der Waals surface area contributed by atoms with Gasteiger partial charge < -0.3 is 9.47 Å². The Morgan fingerprint density at radius 3 is 2.26 bits per heavy atom. The molecule has 0 spiro atoms. The van der Waals surface area contributed by atoms with E-state index >= 15 is 0 Å². The number of Topliss-reactive ketones (excluding diaryl/α,β-unsaturated/α-hetero) is 1. The van der Waals surface area contributed by atoms with Crippen LogP contribution in [-0.2, 0) is 19.1 Å². The average Bonchev–Trinajstić information content (AvgIpc) is 2.27. The van der Waals surface area contributed by atoms with Crippen LogP contribution in [0.4, 0.5) is 0 Å². The minimum Gasteiger partial charge on any atom is -0.465 e. The van der Waals surface area contributed by atoms with Gasteiger partial charge in [-0.3, -0.25) is 14.5 Å². The molecule has 0 N–H and O–H groups in total. The van der Waals surface area contributed by atoms with Crippen molar-refractivity contribution in [3.8, 4) is 0 Å². The summed E-state index contributed by atoms with van der Waals surface area (Å²) < 4.78 is 10.6. The molecule has 1 rings (SSSR count). The highest BCUT2D eigenvalue weighted by molar-refractivity contribution is 6.03. The zero-order valence-electron chi connectivity index (χ0n) is 12.6. The molecular weight excluding hydrogens is 246 g/mol. The summed E-state index contributed by atoms with van der Waals surface area (Å²) in [6.07, 6.45) is 0.226. The molecule has 1 fully saturated rings. The van der Waals surface area contributed by atoms with Crippen LogP contribution in [0, 0.1) is 5.41 Å². The van der Waals surface area contributed by atoms with Crippen LogP contribution in [0.25, 0.3) is 0 Å². The van der Waals surface area contributed by atoms with Gasteiger partial charge in [-0.25, -0.2) is 0 Å². The van der Waals surface area contributed by atoms with E-state index < -0.39 is 11.4 Å². The molecule has 0 saturated carbocycles. The quantitative estimate of drug-likeness (QED) is 0.556. The van der Waals surface area contributed by atoms with E-state index in [0.29, 0.717) is 6.61 Å². The molecule has 2 atom stereocenters. The van der Waals surface area contributed by atoms with Crippen molar-refractivity contribution in [2.24, 2.45) is 5.41 Å². The van der Waals surface area contributed by atoms with Gasteiger partial charge in [-0.15, -0.1) is 0 Å². The smallest absolute Gasteiger partial charge is 0.319 e. The van der Waals surface area contributed by atoms with Crippen LogP contribution in [0.2, 0.25) is 0 Å². The second-order valence-electron chi connectivity index (χ2n) is 5.72. The Balaban J connectivity index is 2.60. The number of ketones is 1. The molecule has 0 amide bonds. The first kappa shape index (κ1) is 16.1. The molecule has 0 aromatic heterocycles. The molecule has 5 nitrogen and oxygen atoms in total. The monoisotopic (exact) mass is 271 g/mol. The van der Waals surface area contributed by atoms with Crippen LogP contribution in [-0.4, -0.2) is 55.1 Å². The molecule has 1 heterocycles. The summed E-state index contributed by atoms with van der Waals surface area (Å²) in [5, 5.41) is 0. The number of hydrogen-bond acceptors (Lipinski definition) is 5. The van der Waals surface area contributed by atoms with Gasteiger partial charge in [0.15, 0.2) is 5.78 Å². The second-order valence-corrected chi connectivity index (χ2v) is 5.72. The maximum atomic E-state index is 12.3. The topological polar surface area (TPSA) is 55.8 Å². The summed E-state index contributed by atoms with van der Waals surface area (Å²) in [7, 11) is 0. The first-order valence-electron chi connectivity index (χ1n) is 6.85. The summed E-state index contributed by atoms with van der Waals surface area (Å²) in [4.78, 5) is 26.1. The van der Waals surface area contributed by atoms with Crippen molar-refractivity contribution in [3.05, 3.63) is 0 Å². The first-order chi connectivity index (χ1) is 8.77. The lowest BCUT2D eigenvalue weighted by Crippen LogP contribution is -2.50. The lowest BCUT2D eigenvalue weighted by atomic mass is 9.87. The van der Waals surface area contributed by atoms with E-state index in [1.807, 2.05) is 18.7 Å². The molecule has 0 aromatic rings. The molecule has 2 unspecified atom stereocenters. The normalized spacial score (nSPS) is 25.1. The van der Waals surface area contributed by atoms with Crippen LogP contribution in [0.1, 0.15) is 34.6 Å². The van der Waals surface area contributed by atoms with Crippen molar-refractivity contribution >= 4 is 11.8 Å². The third-order valence-electron chi connectivity index (χ3n) is 3.35. The second kappa shape index (κ2) is 6.48. The molecule has 1 saturated heterocycles. The van der Waals surface area contributed by atoms with Gasteiger partial charge in [0.25, 0.3) is 0 Å². The van der Waals surface area contributed by atoms with Gasteiger partial charge in [0.1, 0.15) is 5.41 Å². The van der Waals surface area contributed by atoms with E-state index in [-0.39, 0.29) is 24.5 Å². The fraction of sp³-hybridized carbons (Fsp3) is 0.857. The average molecular weight is 271 g/mol. The molecule has 0 aliphatic carbocycles. The van der Waals surface area contributed by atoms with Crippen molar-refractivity contribution in [3.63, 3.8) is 0 Å². The molecule has 0 aromatic carbocycles. The van der Waals surface area contributed by atoms with Crippen LogP contribution in [0.3, 0.4) is 0 Å². The first-order valence-corrected chi connectivity index (χ1v) is 6.85. The van der Waals surface area contributed by atoms with Crippen molar-refractivity contribution in [2.75, 3.05) is 26.2 Å². The molecule has 1 aliphatic rings. The maximum absolute atomic E-state index is 12.3. The highest BCUT2D eigenvalue weighted by atomic mass is 16.5. The van der Waals surface area contributed by atoms with Crippen molar-refractivity contribution in [1.82, 2.24) is 4.90 Å². The predicted octanol–water partition coefficient (Wildman–Crippen LogP) is 1.25. The van der Waals surface area contributed by atoms with Crippen LogP contribution in [0.15, 0.2) is 0 Å². The molecule has 0 bridgehead atoms. The molecule has 1 aliphatic heterocycles. The van der Waals surface area contributed by atoms with Gasteiger partial charge >= 0.3 is 5.97 Å². The SMILES string of the molecule is CCOC(=O)C(C)(C)C(=O)CN1CC(C)OC(C)C1. The maximum Gasteiger partial charge on any atom is 0.319 e. The lowest BCUT2D eigenvalue weighted by Gasteiger charge is -2.36. The number of carbonyl (C=O) groups excluding carboxylic acids is 2. The van der Waals surface area contributed by atoms with Crippen molar-refractivity contribution < 1.29 is 19.1 Å². The summed E-state index contributed by atoms with van der Waals surface area (Å²) in [6, 6.07) is 0. The van der Waals surface area contributed by atoms with E-state index in [0.717, 1.165) is 13.1 Å². The third kappa shape index (κ3) is 4.28. The summed E-state index contributed by atoms with van der Waals surface area (Å²) in [5.41, 5.74) is -1.08. The van der Waals surface area contributed by atoms with Crippen LogP contribution >= 0.6 is 0 Å². The fourth-order valence-corrected chi connectivity index (χ4v) is 2.24. The minimum atomic E-state index is -1.08. The number of rotatable bonds is 5. The highest BCUT2D eigenvalue weighted by Crippen LogP contribution is 2.21. The van der Waals surface area contributed by atoms with Crippen molar-refractivity contribution in [2.45, 2.75) is 46.8 Å². The minimum absolute atomic E-state index is 0.104. The molecule has 5 heteroatoms. The van der Waals surface area contributed by atoms with Gasteiger partial charge in [-0.05, 0) is 34.6 Å². The largest absolute Gasteiger partial charge is 0.465 e. The number of carbonyl (C=O) groups is 2. The van der Waals surface area contributed by atoms with E-state index in [4.69, 9.17) is 9.47 Å². The standard InChI is InChI=1S/C14H25NO4/c1-6-18-13(17)14(4,5)12(16)9-15-7-10(2)19-11(3)8-15/h10-11H,6-9H2,1-5H3. The zero-order chi connectivity index (χ0) is 14.6. The molecule has 110 valence electrons. The summed E-state index contributed by atoms with van der Waals surface area (Å²) in [5.74, 6) is -0.554. The molecule has 0 radical (unpaired) electrons. The fourth-order valence-electron chi connectivity index (χ4n) is 2.24. The summed E-state index contributed by atoms with van der Waals surface area (Å²) >= 11 is 0. The molecular formula is C14H25NO4. The lowest BCUT2D eigenvalue weighted by molar-refractivity contribution is -0.158. The van der Waals surface area contributed by atoms with Crippen LogP contribution in [0.5, 0.6) is 0 Å². The molecule has 19 heavy (non-hydrogen) atoms. The zero-order valence-corrected chi connectivity index (χ0v) is 12.6. The van der Waals surface area contributed by atoms with Crippen LogP contribution < -0.4 is 0 Å². The summed E-state index contributed by atoms with van der Waals surface area (Å²) in [6.45, 7) is 11.0. The van der Waals surface area contributed by atoms with E-state index in [2.05, 4.69) is 0 Å².